The molecule has 204 valence electrons. The van der Waals surface area contributed by atoms with Crippen LogP contribution in [0.25, 0.3) is 10.9 Å². The Labute approximate surface area is 226 Å². The second-order valence-corrected chi connectivity index (χ2v) is 11.1. The van der Waals surface area contributed by atoms with Gasteiger partial charge >= 0.3 is 0 Å². The first-order valence-corrected chi connectivity index (χ1v) is 14.1. The summed E-state index contributed by atoms with van der Waals surface area (Å²) < 4.78 is 1.82. The molecule has 0 spiro atoms. The number of rotatable bonds is 7. The molecule has 0 bridgehead atoms. The van der Waals surface area contributed by atoms with Crippen LogP contribution in [0.4, 0.5) is 0 Å². The molecule has 10 nitrogen and oxygen atoms in total. The molecule has 0 atom stereocenters. The maximum Gasteiger partial charge on any atom is 0.262 e. The molecule has 4 heterocycles. The molecule has 0 radical (unpaired) electrons. The molecule has 11 heteroatoms. The number of carbonyl (C=O) groups excluding carboxylic acids is 3. The number of benzene rings is 1. The van der Waals surface area contributed by atoms with E-state index in [9.17, 15) is 19.2 Å². The second kappa shape index (κ2) is 11.0. The monoisotopic (exact) mass is 540 g/mol. The lowest BCUT2D eigenvalue weighted by Gasteiger charge is -2.48. The lowest BCUT2D eigenvalue weighted by atomic mass is 9.83. The number of piperidine rings is 2. The molecule has 38 heavy (non-hydrogen) atoms. The summed E-state index contributed by atoms with van der Waals surface area (Å²) in [6.07, 6.45) is 6.48. The molecule has 1 aromatic heterocycles. The SMILES string of the molecule is NC(=O)C1(N2CCCCC2)CCN(C(=O)c2ccc3c(=O)n(CCCN4CCCC4=O)c(=S)[nH]c3c2)CC1. The molecule has 3 aliphatic rings. The fourth-order valence-corrected chi connectivity index (χ4v) is 6.54. The average molecular weight is 541 g/mol. The van der Waals surface area contributed by atoms with Crippen LogP contribution in [0.2, 0.25) is 0 Å². The van der Waals surface area contributed by atoms with Crippen LogP contribution in [0.1, 0.15) is 61.7 Å². The van der Waals surface area contributed by atoms with E-state index in [1.807, 2.05) is 4.90 Å². The number of carbonyl (C=O) groups is 3. The van der Waals surface area contributed by atoms with Gasteiger partial charge < -0.3 is 20.5 Å². The zero-order valence-electron chi connectivity index (χ0n) is 21.7. The molecule has 3 N–H and O–H groups in total. The number of aromatic amines is 1. The van der Waals surface area contributed by atoms with Crippen LogP contribution in [0.3, 0.4) is 0 Å². The minimum absolute atomic E-state index is 0.137. The number of nitrogens with zero attached hydrogens (tertiary/aromatic N) is 4. The Kier molecular flexibility index (Phi) is 7.67. The predicted molar refractivity (Wildman–Crippen MR) is 146 cm³/mol. The lowest BCUT2D eigenvalue weighted by molar-refractivity contribution is -0.134. The van der Waals surface area contributed by atoms with Gasteiger partial charge in [0.2, 0.25) is 11.8 Å². The molecule has 0 unspecified atom stereocenters. The third-order valence-corrected chi connectivity index (χ3v) is 8.83. The number of aromatic nitrogens is 2. The van der Waals surface area contributed by atoms with E-state index in [1.54, 1.807) is 23.1 Å². The Morgan fingerprint density at radius 3 is 2.37 bits per heavy atom. The van der Waals surface area contributed by atoms with E-state index in [1.165, 1.54) is 11.0 Å². The number of hydrogen-bond acceptors (Lipinski definition) is 6. The Hall–Kier alpha value is -3.05. The summed E-state index contributed by atoms with van der Waals surface area (Å²) in [4.78, 5) is 59.8. The zero-order valence-corrected chi connectivity index (χ0v) is 22.6. The van der Waals surface area contributed by atoms with E-state index < -0.39 is 5.54 Å². The van der Waals surface area contributed by atoms with Crippen LogP contribution in [0.15, 0.2) is 23.0 Å². The number of nitrogens with two attached hydrogens (primary N) is 1. The third kappa shape index (κ3) is 5.01. The number of H-pyrrole nitrogens is 1. The van der Waals surface area contributed by atoms with Crippen LogP contribution < -0.4 is 11.3 Å². The minimum Gasteiger partial charge on any atom is -0.368 e. The van der Waals surface area contributed by atoms with Gasteiger partial charge in [0.25, 0.3) is 11.5 Å². The molecule has 5 rings (SSSR count). The third-order valence-electron chi connectivity index (χ3n) is 8.51. The van der Waals surface area contributed by atoms with Crippen molar-refractivity contribution in [3.05, 3.63) is 38.9 Å². The molecule has 1 aromatic carbocycles. The zero-order chi connectivity index (χ0) is 26.9. The maximum absolute atomic E-state index is 13.4. The summed E-state index contributed by atoms with van der Waals surface area (Å²) in [6, 6.07) is 5.03. The fourth-order valence-electron chi connectivity index (χ4n) is 6.25. The molecule has 0 saturated carbocycles. The Balaban J connectivity index is 1.28. The van der Waals surface area contributed by atoms with Crippen molar-refractivity contribution in [3.8, 4) is 0 Å². The molecular formula is C27H36N6O4S. The average Bonchev–Trinajstić information content (AvgIpc) is 3.34. The predicted octanol–water partition coefficient (Wildman–Crippen LogP) is 2.02. The molecular weight excluding hydrogens is 504 g/mol. The number of hydrogen-bond donors (Lipinski definition) is 2. The van der Waals surface area contributed by atoms with Crippen molar-refractivity contribution in [2.45, 2.75) is 63.5 Å². The number of primary amides is 1. The summed E-state index contributed by atoms with van der Waals surface area (Å²) in [5.74, 6) is -0.269. The van der Waals surface area contributed by atoms with E-state index in [0.717, 1.165) is 38.9 Å². The first-order chi connectivity index (χ1) is 18.3. The van der Waals surface area contributed by atoms with Crippen molar-refractivity contribution >= 4 is 40.8 Å². The number of fused-ring (bicyclic) bond motifs is 1. The lowest BCUT2D eigenvalue weighted by Crippen LogP contribution is -2.63. The summed E-state index contributed by atoms with van der Waals surface area (Å²) in [6.45, 7) is 4.44. The Bertz CT molecular complexity index is 1350. The quantitative estimate of drug-likeness (QED) is 0.518. The maximum atomic E-state index is 13.4. The molecule has 0 aliphatic carbocycles. The highest BCUT2D eigenvalue weighted by molar-refractivity contribution is 7.71. The first-order valence-electron chi connectivity index (χ1n) is 13.7. The van der Waals surface area contributed by atoms with E-state index >= 15 is 0 Å². The van der Waals surface area contributed by atoms with Gasteiger partial charge in [-0.3, -0.25) is 28.6 Å². The Morgan fingerprint density at radius 2 is 1.71 bits per heavy atom. The Morgan fingerprint density at radius 1 is 0.974 bits per heavy atom. The van der Waals surface area contributed by atoms with Gasteiger partial charge in [0.1, 0.15) is 5.54 Å². The van der Waals surface area contributed by atoms with Crippen LogP contribution >= 0.6 is 12.2 Å². The van der Waals surface area contributed by atoms with Gasteiger partial charge in [-0.1, -0.05) is 6.42 Å². The first kappa shape index (κ1) is 26.6. The largest absolute Gasteiger partial charge is 0.368 e. The molecule has 3 fully saturated rings. The van der Waals surface area contributed by atoms with Gasteiger partial charge in [-0.15, -0.1) is 0 Å². The van der Waals surface area contributed by atoms with Gasteiger partial charge in [0.15, 0.2) is 4.77 Å². The molecule has 3 saturated heterocycles. The molecule has 3 aliphatic heterocycles. The van der Waals surface area contributed by atoms with E-state index in [0.29, 0.717) is 73.1 Å². The highest BCUT2D eigenvalue weighted by Crippen LogP contribution is 2.32. The number of nitrogens with one attached hydrogen (secondary N) is 1. The van der Waals surface area contributed by atoms with Crippen LogP contribution in [0, 0.1) is 4.77 Å². The summed E-state index contributed by atoms with van der Waals surface area (Å²) in [7, 11) is 0. The van der Waals surface area contributed by atoms with Gasteiger partial charge in [-0.05, 0) is 82.0 Å². The van der Waals surface area contributed by atoms with Crippen molar-refractivity contribution in [2.24, 2.45) is 5.73 Å². The van der Waals surface area contributed by atoms with E-state index in [2.05, 4.69) is 9.88 Å². The fraction of sp³-hybridized carbons (Fsp3) is 0.593. The topological polar surface area (TPSA) is 125 Å². The normalized spacial score (nSPS) is 20.3. The van der Waals surface area contributed by atoms with Crippen LogP contribution in [-0.4, -0.2) is 86.8 Å². The second-order valence-electron chi connectivity index (χ2n) is 10.7. The van der Waals surface area contributed by atoms with Crippen molar-refractivity contribution in [1.82, 2.24) is 24.3 Å². The van der Waals surface area contributed by atoms with E-state index in [-0.39, 0.29) is 23.3 Å². The van der Waals surface area contributed by atoms with Crippen molar-refractivity contribution < 1.29 is 14.4 Å². The minimum atomic E-state index is -0.682. The van der Waals surface area contributed by atoms with Gasteiger partial charge in [0, 0.05) is 44.7 Å². The summed E-state index contributed by atoms with van der Waals surface area (Å²) in [5, 5.41) is 0.462. The van der Waals surface area contributed by atoms with Crippen molar-refractivity contribution in [1.29, 1.82) is 0 Å². The number of likely N-dealkylation sites (tertiary alicyclic amines) is 3. The van der Waals surface area contributed by atoms with Crippen LogP contribution in [0.5, 0.6) is 0 Å². The smallest absolute Gasteiger partial charge is 0.262 e. The van der Waals surface area contributed by atoms with Gasteiger partial charge in [-0.2, -0.15) is 0 Å². The highest BCUT2D eigenvalue weighted by atomic mass is 32.1. The highest BCUT2D eigenvalue weighted by Gasteiger charge is 2.45. The molecule has 3 amide bonds. The van der Waals surface area contributed by atoms with Crippen molar-refractivity contribution in [3.63, 3.8) is 0 Å². The van der Waals surface area contributed by atoms with Crippen molar-refractivity contribution in [2.75, 3.05) is 39.3 Å². The summed E-state index contributed by atoms with van der Waals surface area (Å²) >= 11 is 5.47. The number of amides is 3. The van der Waals surface area contributed by atoms with E-state index in [4.69, 9.17) is 18.0 Å². The molecule has 2 aromatic rings. The van der Waals surface area contributed by atoms with Crippen LogP contribution in [-0.2, 0) is 16.1 Å². The van der Waals surface area contributed by atoms with Gasteiger partial charge in [-0.25, -0.2) is 0 Å². The van der Waals surface area contributed by atoms with Gasteiger partial charge in [0.05, 0.1) is 10.9 Å². The summed E-state index contributed by atoms with van der Waals surface area (Å²) in [5.41, 5.74) is 5.99. The standard InChI is InChI=1S/C27H36N6O4S/c28-25(37)27(32-13-2-1-3-14-32)9-16-31(17-10-27)23(35)19-7-8-20-21(18-19)29-26(38)33(24(20)36)15-5-12-30-11-4-6-22(30)34/h7-8,18H,1-6,9-17H2,(H2,28,37)(H,29,38).